The molecule has 0 spiro atoms. The lowest BCUT2D eigenvalue weighted by molar-refractivity contribution is 0.274. The minimum absolute atomic E-state index is 0.592. The van der Waals surface area contributed by atoms with Crippen LogP contribution in [0.3, 0.4) is 0 Å². The monoisotopic (exact) mass is 297 g/mol. The van der Waals surface area contributed by atoms with E-state index in [9.17, 15) is 0 Å². The maximum absolute atomic E-state index is 6.32. The summed E-state index contributed by atoms with van der Waals surface area (Å²) in [5, 5.41) is 1.61. The highest BCUT2D eigenvalue weighted by molar-refractivity contribution is 7.18. The second-order valence-electron chi connectivity index (χ2n) is 4.76. The quantitative estimate of drug-likeness (QED) is 0.775. The van der Waals surface area contributed by atoms with Crippen LogP contribution in [0.1, 0.15) is 36.5 Å². The van der Waals surface area contributed by atoms with Crippen LogP contribution in [-0.2, 0) is 6.54 Å². The summed E-state index contributed by atoms with van der Waals surface area (Å²) in [5.74, 6) is 0.828. The normalized spacial score (nSPS) is 11.7. The molecule has 3 nitrogen and oxygen atoms in total. The zero-order valence-electron chi connectivity index (χ0n) is 12.0. The summed E-state index contributed by atoms with van der Waals surface area (Å²) in [4.78, 5) is 13.8. The highest BCUT2D eigenvalue weighted by Gasteiger charge is 2.14. The summed E-state index contributed by atoms with van der Waals surface area (Å²) in [6, 6.07) is 0. The van der Waals surface area contributed by atoms with Gasteiger partial charge in [0.05, 0.1) is 11.9 Å². The Morgan fingerprint density at radius 3 is 2.58 bits per heavy atom. The Morgan fingerprint density at radius 1 is 1.21 bits per heavy atom. The highest BCUT2D eigenvalue weighted by atomic mass is 35.5. The van der Waals surface area contributed by atoms with Gasteiger partial charge in [-0.2, -0.15) is 0 Å². The van der Waals surface area contributed by atoms with Crippen molar-refractivity contribution in [1.29, 1.82) is 0 Å². The van der Waals surface area contributed by atoms with Crippen LogP contribution in [-0.4, -0.2) is 28.0 Å². The molecule has 0 amide bonds. The molecule has 0 atom stereocenters. The van der Waals surface area contributed by atoms with Gasteiger partial charge in [0.15, 0.2) is 0 Å². The fourth-order valence-corrected chi connectivity index (χ4v) is 3.61. The van der Waals surface area contributed by atoms with E-state index in [2.05, 4.69) is 42.6 Å². The standard InChI is InChI=1S/C14H20ClN3S/c1-5-7-18(6-2)8-11-16-13(15)12-9(3)10(4)19-14(12)17-11/h5-8H2,1-4H3. The van der Waals surface area contributed by atoms with Gasteiger partial charge >= 0.3 is 0 Å². The van der Waals surface area contributed by atoms with E-state index < -0.39 is 0 Å². The van der Waals surface area contributed by atoms with Gasteiger partial charge in [-0.05, 0) is 38.9 Å². The van der Waals surface area contributed by atoms with Crippen molar-refractivity contribution < 1.29 is 0 Å². The zero-order valence-corrected chi connectivity index (χ0v) is 13.5. The lowest BCUT2D eigenvalue weighted by Crippen LogP contribution is -2.24. The van der Waals surface area contributed by atoms with Crippen LogP contribution in [0.5, 0.6) is 0 Å². The van der Waals surface area contributed by atoms with Crippen LogP contribution in [0.4, 0.5) is 0 Å². The largest absolute Gasteiger partial charge is 0.296 e. The molecule has 0 aromatic carbocycles. The van der Waals surface area contributed by atoms with Crippen molar-refractivity contribution in [2.45, 2.75) is 40.7 Å². The Labute approximate surface area is 123 Å². The molecule has 0 saturated heterocycles. The summed E-state index contributed by atoms with van der Waals surface area (Å²) in [6.07, 6.45) is 1.14. The first-order chi connectivity index (χ1) is 9.06. The molecule has 5 heteroatoms. The summed E-state index contributed by atoms with van der Waals surface area (Å²) in [6.45, 7) is 11.4. The molecule has 2 rings (SSSR count). The van der Waals surface area contributed by atoms with Crippen molar-refractivity contribution in [3.05, 3.63) is 21.4 Å². The molecule has 0 unspecified atom stereocenters. The Morgan fingerprint density at radius 2 is 1.95 bits per heavy atom. The first-order valence-corrected chi connectivity index (χ1v) is 7.90. The topological polar surface area (TPSA) is 29.0 Å². The Bertz CT molecular complexity index is 580. The molecule has 104 valence electrons. The van der Waals surface area contributed by atoms with Crippen LogP contribution in [0.15, 0.2) is 0 Å². The SMILES string of the molecule is CCCN(CC)Cc1nc(Cl)c2c(C)c(C)sc2n1. The van der Waals surface area contributed by atoms with E-state index in [-0.39, 0.29) is 0 Å². The number of thiophene rings is 1. The van der Waals surface area contributed by atoms with Crippen molar-refractivity contribution in [2.24, 2.45) is 0 Å². The van der Waals surface area contributed by atoms with E-state index in [0.717, 1.165) is 42.1 Å². The van der Waals surface area contributed by atoms with Crippen molar-refractivity contribution in [3.8, 4) is 0 Å². The predicted molar refractivity (Wildman–Crippen MR) is 83.1 cm³/mol. The van der Waals surface area contributed by atoms with Gasteiger partial charge in [0.25, 0.3) is 0 Å². The van der Waals surface area contributed by atoms with E-state index >= 15 is 0 Å². The average Bonchev–Trinajstić information content (AvgIpc) is 2.64. The number of rotatable bonds is 5. The lowest BCUT2D eigenvalue weighted by Gasteiger charge is -2.18. The molecular formula is C14H20ClN3S. The molecule has 0 aliphatic carbocycles. The third-order valence-electron chi connectivity index (χ3n) is 3.38. The molecule has 0 N–H and O–H groups in total. The van der Waals surface area contributed by atoms with Crippen LogP contribution in [0.25, 0.3) is 10.2 Å². The van der Waals surface area contributed by atoms with Crippen molar-refractivity contribution in [1.82, 2.24) is 14.9 Å². The van der Waals surface area contributed by atoms with Crippen LogP contribution < -0.4 is 0 Å². The lowest BCUT2D eigenvalue weighted by atomic mass is 10.2. The smallest absolute Gasteiger partial charge is 0.145 e. The molecule has 0 aliphatic rings. The number of hydrogen-bond donors (Lipinski definition) is 0. The van der Waals surface area contributed by atoms with Gasteiger partial charge in [-0.3, -0.25) is 4.90 Å². The molecular weight excluding hydrogens is 278 g/mol. The highest BCUT2D eigenvalue weighted by Crippen LogP contribution is 2.32. The Hall–Kier alpha value is -0.710. The molecule has 2 aromatic rings. The van der Waals surface area contributed by atoms with E-state index in [0.29, 0.717) is 5.15 Å². The van der Waals surface area contributed by atoms with Crippen molar-refractivity contribution in [3.63, 3.8) is 0 Å². The second-order valence-corrected chi connectivity index (χ2v) is 6.32. The molecule has 2 heterocycles. The molecule has 0 aliphatic heterocycles. The van der Waals surface area contributed by atoms with Crippen LogP contribution in [0.2, 0.25) is 5.15 Å². The first kappa shape index (κ1) is 14.7. The number of nitrogens with zero attached hydrogens (tertiary/aromatic N) is 3. The number of aromatic nitrogens is 2. The van der Waals surface area contributed by atoms with Gasteiger partial charge < -0.3 is 0 Å². The molecule has 0 fully saturated rings. The Kier molecular flexibility index (Phi) is 4.76. The summed E-state index contributed by atoms with van der Waals surface area (Å²) in [5.41, 5.74) is 1.21. The van der Waals surface area contributed by atoms with Gasteiger partial charge in [-0.25, -0.2) is 9.97 Å². The molecule has 0 bridgehead atoms. The first-order valence-electron chi connectivity index (χ1n) is 6.71. The molecule has 0 saturated carbocycles. The zero-order chi connectivity index (χ0) is 14.0. The molecule has 2 aromatic heterocycles. The molecule has 0 radical (unpaired) electrons. The maximum Gasteiger partial charge on any atom is 0.145 e. The summed E-state index contributed by atoms with van der Waals surface area (Å²) in [7, 11) is 0. The van der Waals surface area contributed by atoms with Gasteiger partial charge in [0.2, 0.25) is 0 Å². The average molecular weight is 298 g/mol. The predicted octanol–water partition coefficient (Wildman–Crippen LogP) is 4.19. The minimum Gasteiger partial charge on any atom is -0.296 e. The van der Waals surface area contributed by atoms with E-state index in [1.807, 2.05) is 0 Å². The fraction of sp³-hybridized carbons (Fsp3) is 0.571. The van der Waals surface area contributed by atoms with Gasteiger partial charge in [0, 0.05) is 4.88 Å². The maximum atomic E-state index is 6.32. The van der Waals surface area contributed by atoms with Gasteiger partial charge in [0.1, 0.15) is 15.8 Å². The van der Waals surface area contributed by atoms with E-state index in [1.54, 1.807) is 11.3 Å². The third kappa shape index (κ3) is 3.07. The third-order valence-corrected chi connectivity index (χ3v) is 4.76. The molecule has 19 heavy (non-hydrogen) atoms. The van der Waals surface area contributed by atoms with Crippen molar-refractivity contribution >= 4 is 33.2 Å². The number of aryl methyl sites for hydroxylation is 2. The van der Waals surface area contributed by atoms with Gasteiger partial charge in [-0.15, -0.1) is 11.3 Å². The van der Waals surface area contributed by atoms with E-state index in [1.165, 1.54) is 10.4 Å². The van der Waals surface area contributed by atoms with Crippen molar-refractivity contribution in [2.75, 3.05) is 13.1 Å². The second kappa shape index (κ2) is 6.16. The minimum atomic E-state index is 0.592. The van der Waals surface area contributed by atoms with Crippen LogP contribution in [0, 0.1) is 13.8 Å². The summed E-state index contributed by atoms with van der Waals surface area (Å²) >= 11 is 8.02. The Balaban J connectivity index is 2.35. The number of halogens is 1. The van der Waals surface area contributed by atoms with E-state index in [4.69, 9.17) is 11.6 Å². The van der Waals surface area contributed by atoms with Gasteiger partial charge in [-0.1, -0.05) is 25.4 Å². The van der Waals surface area contributed by atoms with Crippen LogP contribution >= 0.6 is 22.9 Å². The number of hydrogen-bond acceptors (Lipinski definition) is 4. The fourth-order valence-electron chi connectivity index (χ4n) is 2.18. The number of fused-ring (bicyclic) bond motifs is 1. The summed E-state index contributed by atoms with van der Waals surface area (Å²) < 4.78 is 0.